The van der Waals surface area contributed by atoms with Crippen LogP contribution in [-0.2, 0) is 11.0 Å². The second kappa shape index (κ2) is 13.1. The topological polar surface area (TPSA) is 20.3 Å². The largest absolute Gasteiger partial charge is 0.237 e. The van der Waals surface area contributed by atoms with Crippen LogP contribution in [0.25, 0.3) is 0 Å². The molecule has 0 fully saturated rings. The molecule has 0 radical (unpaired) electrons. The van der Waals surface area contributed by atoms with E-state index in [0.29, 0.717) is 0 Å². The Hall–Kier alpha value is -0.190. The van der Waals surface area contributed by atoms with E-state index in [2.05, 4.69) is 22.9 Å². The van der Waals surface area contributed by atoms with Crippen molar-refractivity contribution in [2.24, 2.45) is 0 Å². The average molecular weight is 402 g/mol. The number of rotatable bonds is 13. The Morgan fingerprint density at radius 2 is 1.35 bits per heavy atom. The predicted molar refractivity (Wildman–Crippen MR) is 105 cm³/mol. The van der Waals surface area contributed by atoms with E-state index in [9.17, 15) is 4.21 Å². The minimum atomic E-state index is -1.04. The molecule has 1 unspecified atom stereocenters. The van der Waals surface area contributed by atoms with Gasteiger partial charge in [-0.3, -0.25) is 0 Å². The third-order valence-electron chi connectivity index (χ3n) is 4.12. The Morgan fingerprint density at radius 3 is 1.87 bits per heavy atom. The van der Waals surface area contributed by atoms with Crippen LogP contribution in [0.4, 0.5) is 0 Å². The van der Waals surface area contributed by atoms with Gasteiger partial charge >= 0.3 is 0 Å². The van der Waals surface area contributed by atoms with Crippen LogP contribution >= 0.6 is 15.9 Å². The van der Waals surface area contributed by atoms with Gasteiger partial charge in [-0.05, 0) is 30.7 Å². The molecule has 0 spiro atoms. The Kier molecular flexibility index (Phi) is 11.9. The molecule has 0 aliphatic carbocycles. The van der Waals surface area contributed by atoms with E-state index in [0.717, 1.165) is 22.3 Å². The van der Waals surface area contributed by atoms with Crippen LogP contribution in [0.5, 0.6) is 0 Å². The van der Waals surface area contributed by atoms with Crippen LogP contribution in [0.3, 0.4) is 0 Å². The molecule has 0 aliphatic rings. The Morgan fingerprint density at radius 1 is 0.870 bits per heavy atom. The maximum atomic E-state index is 12.4. The van der Waals surface area contributed by atoms with Crippen molar-refractivity contribution in [1.82, 2.24) is 4.31 Å². The van der Waals surface area contributed by atoms with Gasteiger partial charge in [0.15, 0.2) is 0 Å². The standard InChI is InChI=1S/C19H32BrNOS/c1-3-4-5-6-7-8-9-10-11-12-17-21(2)23(22)19-15-13-18(20)14-16-19/h13-16H,3-12,17H2,1-2H3. The van der Waals surface area contributed by atoms with Crippen LogP contribution in [0, 0.1) is 0 Å². The summed E-state index contributed by atoms with van der Waals surface area (Å²) >= 11 is 3.41. The summed E-state index contributed by atoms with van der Waals surface area (Å²) in [5.74, 6) is 0. The monoisotopic (exact) mass is 401 g/mol. The van der Waals surface area contributed by atoms with E-state index >= 15 is 0 Å². The number of benzene rings is 1. The molecular formula is C19H32BrNOS. The lowest BCUT2D eigenvalue weighted by Gasteiger charge is -2.15. The lowest BCUT2D eigenvalue weighted by Crippen LogP contribution is -2.22. The highest BCUT2D eigenvalue weighted by atomic mass is 79.9. The maximum Gasteiger partial charge on any atom is 0.127 e. The van der Waals surface area contributed by atoms with E-state index in [1.807, 2.05) is 35.6 Å². The van der Waals surface area contributed by atoms with Gasteiger partial charge < -0.3 is 0 Å². The lowest BCUT2D eigenvalue weighted by atomic mass is 10.1. The molecule has 23 heavy (non-hydrogen) atoms. The summed E-state index contributed by atoms with van der Waals surface area (Å²) in [7, 11) is 0.913. The molecule has 0 aliphatic heterocycles. The van der Waals surface area contributed by atoms with Gasteiger partial charge in [-0.2, -0.15) is 0 Å². The molecule has 0 heterocycles. The summed E-state index contributed by atoms with van der Waals surface area (Å²) in [5.41, 5.74) is 0. The van der Waals surface area contributed by atoms with E-state index in [-0.39, 0.29) is 0 Å². The van der Waals surface area contributed by atoms with Crippen molar-refractivity contribution in [1.29, 1.82) is 0 Å². The lowest BCUT2D eigenvalue weighted by molar-refractivity contribution is 0.481. The summed E-state index contributed by atoms with van der Waals surface area (Å²) in [4.78, 5) is 0.878. The number of halogens is 1. The molecule has 0 saturated carbocycles. The average Bonchev–Trinajstić information content (AvgIpc) is 2.56. The number of hydrogen-bond donors (Lipinski definition) is 0. The zero-order valence-corrected chi connectivity index (χ0v) is 17.1. The first-order valence-corrected chi connectivity index (χ1v) is 10.9. The molecule has 0 aromatic heterocycles. The van der Waals surface area contributed by atoms with Crippen molar-refractivity contribution in [3.63, 3.8) is 0 Å². The normalized spacial score (nSPS) is 12.7. The van der Waals surface area contributed by atoms with E-state index < -0.39 is 11.0 Å². The van der Waals surface area contributed by atoms with Gasteiger partial charge in [0.25, 0.3) is 0 Å². The van der Waals surface area contributed by atoms with Crippen LogP contribution < -0.4 is 0 Å². The quantitative estimate of drug-likeness (QED) is 0.353. The maximum absolute atomic E-state index is 12.4. The molecule has 1 rings (SSSR count). The molecule has 2 nitrogen and oxygen atoms in total. The fraction of sp³-hybridized carbons (Fsp3) is 0.684. The highest BCUT2D eigenvalue weighted by Crippen LogP contribution is 2.16. The third-order valence-corrected chi connectivity index (χ3v) is 6.08. The molecule has 0 amide bonds. The van der Waals surface area contributed by atoms with Crippen LogP contribution in [-0.4, -0.2) is 22.1 Å². The van der Waals surface area contributed by atoms with Crippen molar-refractivity contribution < 1.29 is 4.21 Å². The van der Waals surface area contributed by atoms with E-state index in [1.54, 1.807) is 0 Å². The first kappa shape index (κ1) is 20.9. The van der Waals surface area contributed by atoms with Crippen molar-refractivity contribution >= 4 is 26.9 Å². The molecule has 1 aromatic rings. The smallest absolute Gasteiger partial charge is 0.127 e. The van der Waals surface area contributed by atoms with Crippen LogP contribution in [0.2, 0.25) is 0 Å². The minimum Gasteiger partial charge on any atom is -0.237 e. The second-order valence-corrected chi connectivity index (χ2v) is 8.75. The van der Waals surface area contributed by atoms with Gasteiger partial charge in [0.05, 0.1) is 4.90 Å². The third kappa shape index (κ3) is 9.63. The van der Waals surface area contributed by atoms with Crippen molar-refractivity contribution in [3.05, 3.63) is 28.7 Å². The first-order valence-electron chi connectivity index (χ1n) is 9.03. The summed E-state index contributed by atoms with van der Waals surface area (Å²) in [6.07, 6.45) is 13.4. The predicted octanol–water partition coefficient (Wildman–Crippen LogP) is 6.32. The number of hydrogen-bond acceptors (Lipinski definition) is 1. The van der Waals surface area contributed by atoms with Gasteiger partial charge in [-0.1, -0.05) is 80.6 Å². The van der Waals surface area contributed by atoms with Crippen molar-refractivity contribution in [3.8, 4) is 0 Å². The highest BCUT2D eigenvalue weighted by molar-refractivity contribution is 9.10. The molecule has 132 valence electrons. The SMILES string of the molecule is CCCCCCCCCCCCN(C)S(=O)c1ccc(Br)cc1. The van der Waals surface area contributed by atoms with Gasteiger partial charge in [0.2, 0.25) is 0 Å². The number of nitrogens with zero attached hydrogens (tertiary/aromatic N) is 1. The number of unbranched alkanes of at least 4 members (excludes halogenated alkanes) is 9. The summed E-state index contributed by atoms with van der Waals surface area (Å²) in [6.45, 7) is 3.17. The molecular weight excluding hydrogens is 370 g/mol. The molecule has 4 heteroatoms. The molecule has 0 saturated heterocycles. The van der Waals surface area contributed by atoms with Crippen molar-refractivity contribution in [2.75, 3.05) is 13.6 Å². The molecule has 0 bridgehead atoms. The van der Waals surface area contributed by atoms with E-state index in [4.69, 9.17) is 0 Å². The van der Waals surface area contributed by atoms with Gasteiger partial charge in [-0.15, -0.1) is 0 Å². The molecule has 1 aromatic carbocycles. The molecule has 1 atom stereocenters. The van der Waals surface area contributed by atoms with Gasteiger partial charge in [0, 0.05) is 18.1 Å². The summed E-state index contributed by atoms with van der Waals surface area (Å²) in [5, 5.41) is 0. The molecule has 0 N–H and O–H groups in total. The zero-order valence-electron chi connectivity index (χ0n) is 14.7. The fourth-order valence-corrected chi connectivity index (χ4v) is 3.92. The minimum absolute atomic E-state index is 0.878. The Bertz CT molecular complexity index is 436. The Balaban J connectivity index is 2.04. The zero-order chi connectivity index (χ0) is 16.9. The van der Waals surface area contributed by atoms with Crippen LogP contribution in [0.15, 0.2) is 33.6 Å². The van der Waals surface area contributed by atoms with Crippen molar-refractivity contribution in [2.45, 2.75) is 76.0 Å². The van der Waals surface area contributed by atoms with Crippen LogP contribution in [0.1, 0.15) is 71.1 Å². The first-order chi connectivity index (χ1) is 11.1. The van der Waals surface area contributed by atoms with Gasteiger partial charge in [-0.25, -0.2) is 8.51 Å². The fourth-order valence-electron chi connectivity index (χ4n) is 2.64. The van der Waals surface area contributed by atoms with Gasteiger partial charge in [0.1, 0.15) is 11.0 Å². The highest BCUT2D eigenvalue weighted by Gasteiger charge is 2.09. The summed E-state index contributed by atoms with van der Waals surface area (Å²) < 4.78 is 15.3. The van der Waals surface area contributed by atoms with E-state index in [1.165, 1.54) is 57.8 Å². The second-order valence-electron chi connectivity index (χ2n) is 6.24. The summed E-state index contributed by atoms with van der Waals surface area (Å²) in [6, 6.07) is 7.74. The Labute approximate surface area is 153 Å².